The topological polar surface area (TPSA) is 41.1 Å². The molecule has 136 valence electrons. The van der Waals surface area contributed by atoms with Gasteiger partial charge in [-0.2, -0.15) is 0 Å². The molecule has 3 heterocycles. The van der Waals surface area contributed by atoms with Crippen LogP contribution in [-0.2, 0) is 6.54 Å². The van der Waals surface area contributed by atoms with E-state index in [2.05, 4.69) is 69.8 Å². The van der Waals surface area contributed by atoms with Gasteiger partial charge in [-0.05, 0) is 36.5 Å². The number of aromatic nitrogens is 2. The standard InChI is InChI=1S/C23H24N4/c1-16-25-22(24-14-17-7-3-2-4-8-17)13-23(26-16)27-15-18-11-12-21(27)20-10-6-5-9-19(18)20/h2-10,13,18,21H,11-12,14-15H2,1H3,(H,24,25,26)/t18-,21+/m1/s1. The van der Waals surface area contributed by atoms with Crippen LogP contribution in [0.25, 0.3) is 0 Å². The van der Waals surface area contributed by atoms with Crippen LogP contribution in [-0.4, -0.2) is 16.5 Å². The van der Waals surface area contributed by atoms with Crippen molar-refractivity contribution in [1.82, 2.24) is 9.97 Å². The largest absolute Gasteiger partial charge is 0.366 e. The Morgan fingerprint density at radius 1 is 0.963 bits per heavy atom. The molecule has 6 rings (SSSR count). The molecule has 4 heteroatoms. The lowest BCUT2D eigenvalue weighted by Crippen LogP contribution is -2.43. The first-order chi connectivity index (χ1) is 13.3. The zero-order valence-electron chi connectivity index (χ0n) is 15.6. The Morgan fingerprint density at radius 3 is 2.59 bits per heavy atom. The van der Waals surface area contributed by atoms with E-state index in [0.717, 1.165) is 30.5 Å². The second kappa shape index (κ2) is 6.69. The number of benzene rings is 2. The predicted octanol–water partition coefficient (Wildman–Crippen LogP) is 4.84. The lowest BCUT2D eigenvalue weighted by molar-refractivity contribution is 0.387. The van der Waals surface area contributed by atoms with Crippen LogP contribution in [0.1, 0.15) is 47.3 Å². The summed E-state index contributed by atoms with van der Waals surface area (Å²) in [5.41, 5.74) is 4.27. The molecule has 1 aliphatic carbocycles. The molecule has 1 N–H and O–H groups in total. The second-order valence-electron chi connectivity index (χ2n) is 7.57. The number of hydrogen-bond acceptors (Lipinski definition) is 4. The van der Waals surface area contributed by atoms with Gasteiger partial charge in [0.2, 0.25) is 0 Å². The Hall–Kier alpha value is -2.88. The van der Waals surface area contributed by atoms with E-state index in [9.17, 15) is 0 Å². The fourth-order valence-electron chi connectivity index (χ4n) is 4.57. The highest BCUT2D eigenvalue weighted by atomic mass is 15.2. The highest BCUT2D eigenvalue weighted by Crippen LogP contribution is 2.47. The van der Waals surface area contributed by atoms with Crippen LogP contribution in [0.5, 0.6) is 0 Å². The molecule has 4 nitrogen and oxygen atoms in total. The molecule has 1 aromatic heterocycles. The van der Waals surface area contributed by atoms with E-state index in [0.29, 0.717) is 12.0 Å². The molecule has 2 aliphatic heterocycles. The maximum atomic E-state index is 4.78. The number of rotatable bonds is 4. The fraction of sp³-hybridized carbons (Fsp3) is 0.304. The lowest BCUT2D eigenvalue weighted by Gasteiger charge is -2.47. The summed E-state index contributed by atoms with van der Waals surface area (Å²) in [7, 11) is 0. The van der Waals surface area contributed by atoms with Gasteiger partial charge in [-0.1, -0.05) is 54.6 Å². The molecule has 27 heavy (non-hydrogen) atoms. The lowest BCUT2D eigenvalue weighted by atomic mass is 9.75. The van der Waals surface area contributed by atoms with Crippen LogP contribution in [0.3, 0.4) is 0 Å². The van der Waals surface area contributed by atoms with Crippen molar-refractivity contribution < 1.29 is 0 Å². The minimum absolute atomic E-state index is 0.433. The van der Waals surface area contributed by atoms with Crippen molar-refractivity contribution in [1.29, 1.82) is 0 Å². The summed E-state index contributed by atoms with van der Waals surface area (Å²) < 4.78 is 0. The highest BCUT2D eigenvalue weighted by molar-refractivity contribution is 5.55. The van der Waals surface area contributed by atoms with Crippen LogP contribution in [0.15, 0.2) is 60.7 Å². The molecular formula is C23H24N4. The van der Waals surface area contributed by atoms with Crippen molar-refractivity contribution >= 4 is 11.6 Å². The average Bonchev–Trinajstić information content (AvgIpc) is 2.73. The highest BCUT2D eigenvalue weighted by Gasteiger charge is 2.38. The van der Waals surface area contributed by atoms with Crippen LogP contribution in [0, 0.1) is 6.92 Å². The zero-order chi connectivity index (χ0) is 18.2. The Labute approximate surface area is 160 Å². The molecule has 3 aliphatic rings. The normalized spacial score (nSPS) is 20.4. The van der Waals surface area contributed by atoms with E-state index < -0.39 is 0 Å². The van der Waals surface area contributed by atoms with Crippen molar-refractivity contribution in [3.05, 3.63) is 83.2 Å². The smallest absolute Gasteiger partial charge is 0.134 e. The third-order valence-electron chi connectivity index (χ3n) is 5.81. The third-order valence-corrected chi connectivity index (χ3v) is 5.81. The van der Waals surface area contributed by atoms with Gasteiger partial charge in [0.05, 0.1) is 6.04 Å². The van der Waals surface area contributed by atoms with Crippen LogP contribution < -0.4 is 10.2 Å². The summed E-state index contributed by atoms with van der Waals surface area (Å²) in [6.45, 7) is 3.80. The SMILES string of the molecule is Cc1nc(NCc2ccccc2)cc(N2C[C@H]3CC[C@H]2c2ccccc23)n1. The van der Waals surface area contributed by atoms with Crippen LogP contribution >= 0.6 is 0 Å². The summed E-state index contributed by atoms with van der Waals surface area (Å²) in [4.78, 5) is 11.9. The Bertz CT molecular complexity index is 954. The Kier molecular flexibility index (Phi) is 4.04. The maximum absolute atomic E-state index is 4.78. The van der Waals surface area contributed by atoms with Gasteiger partial charge in [0.25, 0.3) is 0 Å². The molecule has 1 fully saturated rings. The van der Waals surface area contributed by atoms with Gasteiger partial charge in [-0.15, -0.1) is 0 Å². The maximum Gasteiger partial charge on any atom is 0.134 e. The van der Waals surface area contributed by atoms with E-state index in [4.69, 9.17) is 4.98 Å². The molecule has 2 atom stereocenters. The summed E-state index contributed by atoms with van der Waals surface area (Å²) >= 11 is 0. The predicted molar refractivity (Wildman–Crippen MR) is 109 cm³/mol. The summed E-state index contributed by atoms with van der Waals surface area (Å²) in [5, 5.41) is 3.47. The second-order valence-corrected chi connectivity index (χ2v) is 7.57. The monoisotopic (exact) mass is 356 g/mol. The fourth-order valence-corrected chi connectivity index (χ4v) is 4.57. The molecular weight excluding hydrogens is 332 g/mol. The van der Waals surface area contributed by atoms with Crippen molar-refractivity contribution in [3.63, 3.8) is 0 Å². The molecule has 2 bridgehead atoms. The molecule has 1 saturated heterocycles. The number of piperidine rings is 1. The van der Waals surface area contributed by atoms with E-state index >= 15 is 0 Å². The van der Waals surface area contributed by atoms with E-state index in [1.54, 1.807) is 5.56 Å². The number of fused-ring (bicyclic) bond motifs is 2. The van der Waals surface area contributed by atoms with E-state index in [1.165, 1.54) is 24.0 Å². The van der Waals surface area contributed by atoms with Gasteiger partial charge >= 0.3 is 0 Å². The minimum atomic E-state index is 0.433. The van der Waals surface area contributed by atoms with Crippen LogP contribution in [0.2, 0.25) is 0 Å². The first-order valence-corrected chi connectivity index (χ1v) is 9.77. The third kappa shape index (κ3) is 3.05. The van der Waals surface area contributed by atoms with Gasteiger partial charge in [-0.3, -0.25) is 0 Å². The average molecular weight is 356 g/mol. The van der Waals surface area contributed by atoms with Gasteiger partial charge < -0.3 is 10.2 Å². The van der Waals surface area contributed by atoms with Crippen molar-refractivity contribution in [2.45, 2.75) is 38.3 Å². The van der Waals surface area contributed by atoms with Gasteiger partial charge in [0, 0.05) is 25.1 Å². The van der Waals surface area contributed by atoms with Crippen LogP contribution in [0.4, 0.5) is 11.6 Å². The van der Waals surface area contributed by atoms with Crippen molar-refractivity contribution in [2.24, 2.45) is 0 Å². The van der Waals surface area contributed by atoms with Gasteiger partial charge in [-0.25, -0.2) is 9.97 Å². The number of nitrogens with one attached hydrogen (secondary N) is 1. The van der Waals surface area contributed by atoms with E-state index in [-0.39, 0.29) is 0 Å². The van der Waals surface area contributed by atoms with Gasteiger partial charge in [0.1, 0.15) is 17.5 Å². The number of nitrogens with zero attached hydrogens (tertiary/aromatic N) is 3. The summed E-state index contributed by atoms with van der Waals surface area (Å²) in [5.74, 6) is 3.37. The van der Waals surface area contributed by atoms with Gasteiger partial charge in [0.15, 0.2) is 0 Å². The zero-order valence-corrected chi connectivity index (χ0v) is 15.6. The van der Waals surface area contributed by atoms with Crippen molar-refractivity contribution in [2.75, 3.05) is 16.8 Å². The number of aryl methyl sites for hydroxylation is 1. The Balaban J connectivity index is 1.42. The molecule has 0 radical (unpaired) electrons. The molecule has 0 unspecified atom stereocenters. The first kappa shape index (κ1) is 16.3. The molecule has 2 aromatic carbocycles. The van der Waals surface area contributed by atoms with E-state index in [1.807, 2.05) is 13.0 Å². The minimum Gasteiger partial charge on any atom is -0.366 e. The number of hydrogen-bond donors (Lipinski definition) is 1. The molecule has 3 aromatic rings. The first-order valence-electron chi connectivity index (χ1n) is 9.77. The number of anilines is 2. The molecule has 0 amide bonds. The quantitative estimate of drug-likeness (QED) is 0.726. The Morgan fingerprint density at radius 2 is 1.74 bits per heavy atom. The molecule has 0 spiro atoms. The summed E-state index contributed by atoms with van der Waals surface area (Å²) in [6.07, 6.45) is 2.48. The summed E-state index contributed by atoms with van der Waals surface area (Å²) in [6, 6.07) is 21.9. The molecule has 0 saturated carbocycles. The van der Waals surface area contributed by atoms with Crippen molar-refractivity contribution in [3.8, 4) is 0 Å².